The first-order valence-corrected chi connectivity index (χ1v) is 8.08. The molecule has 1 saturated carbocycles. The van der Waals surface area contributed by atoms with Gasteiger partial charge in [0.1, 0.15) is 0 Å². The minimum absolute atomic E-state index is 0.397. The molecule has 0 heterocycles. The number of nitrogens with two attached hydrogens (primary N) is 1. The minimum Gasteiger partial charge on any atom is -0.330 e. The fourth-order valence-electron chi connectivity index (χ4n) is 3.20. The second-order valence-electron chi connectivity index (χ2n) is 6.97. The van der Waals surface area contributed by atoms with E-state index in [9.17, 15) is 0 Å². The molecule has 1 aliphatic carbocycles. The Bertz CT molecular complexity index is 232. The average Bonchev–Trinajstić information content (AvgIpc) is 2.39. The van der Waals surface area contributed by atoms with Gasteiger partial charge in [0.05, 0.1) is 0 Å². The van der Waals surface area contributed by atoms with E-state index >= 15 is 0 Å². The van der Waals surface area contributed by atoms with E-state index in [0.29, 0.717) is 5.41 Å². The Balaban J connectivity index is 2.53. The molecule has 1 rings (SSSR count). The third kappa shape index (κ3) is 5.80. The van der Waals surface area contributed by atoms with Gasteiger partial charge >= 0.3 is 0 Å². The monoisotopic (exact) mass is 269 g/mol. The van der Waals surface area contributed by atoms with Gasteiger partial charge in [-0.1, -0.05) is 26.7 Å². The highest BCUT2D eigenvalue weighted by atomic mass is 15.2. The van der Waals surface area contributed by atoms with Gasteiger partial charge in [0.15, 0.2) is 0 Å². The minimum atomic E-state index is 0.397. The predicted octanol–water partition coefficient (Wildman–Crippen LogP) is 2.42. The summed E-state index contributed by atoms with van der Waals surface area (Å²) in [5, 5.41) is 0. The molecule has 0 spiro atoms. The molecule has 0 radical (unpaired) electrons. The van der Waals surface area contributed by atoms with Crippen LogP contribution in [0.3, 0.4) is 0 Å². The lowest BCUT2D eigenvalue weighted by molar-refractivity contribution is 0.0905. The smallest absolute Gasteiger partial charge is 0.0109 e. The molecule has 3 heteroatoms. The average molecular weight is 269 g/mol. The first kappa shape index (κ1) is 16.9. The second kappa shape index (κ2) is 8.23. The van der Waals surface area contributed by atoms with Crippen molar-refractivity contribution in [3.63, 3.8) is 0 Å². The summed E-state index contributed by atoms with van der Waals surface area (Å²) in [5.41, 5.74) is 6.54. The van der Waals surface area contributed by atoms with E-state index in [1.807, 2.05) is 0 Å². The van der Waals surface area contributed by atoms with E-state index < -0.39 is 0 Å². The highest BCUT2D eigenvalue weighted by Crippen LogP contribution is 2.38. The van der Waals surface area contributed by atoms with E-state index in [4.69, 9.17) is 5.73 Å². The van der Waals surface area contributed by atoms with E-state index in [0.717, 1.165) is 19.0 Å². The zero-order chi connectivity index (χ0) is 14.3. The first-order chi connectivity index (χ1) is 9.01. The fraction of sp³-hybridized carbons (Fsp3) is 1.00. The summed E-state index contributed by atoms with van der Waals surface area (Å²) in [6, 6.07) is 0. The lowest BCUT2D eigenvalue weighted by Crippen LogP contribution is -2.46. The van der Waals surface area contributed by atoms with Crippen LogP contribution in [0.1, 0.15) is 46.0 Å². The van der Waals surface area contributed by atoms with Crippen LogP contribution in [0.15, 0.2) is 0 Å². The molecule has 0 aromatic heterocycles. The Morgan fingerprint density at radius 3 is 2.21 bits per heavy atom. The predicted molar refractivity (Wildman–Crippen MR) is 84.4 cm³/mol. The molecule has 2 N–H and O–H groups in total. The van der Waals surface area contributed by atoms with E-state index in [-0.39, 0.29) is 0 Å². The Kier molecular flexibility index (Phi) is 7.33. The van der Waals surface area contributed by atoms with Crippen molar-refractivity contribution in [1.29, 1.82) is 0 Å². The molecular weight excluding hydrogens is 234 g/mol. The van der Waals surface area contributed by atoms with Crippen LogP contribution in [0.5, 0.6) is 0 Å². The van der Waals surface area contributed by atoms with Gasteiger partial charge in [-0.2, -0.15) is 0 Å². The maximum atomic E-state index is 6.15. The molecule has 1 aliphatic rings. The molecule has 19 heavy (non-hydrogen) atoms. The van der Waals surface area contributed by atoms with E-state index in [1.54, 1.807) is 0 Å². The topological polar surface area (TPSA) is 32.5 Å². The normalized spacial score (nSPS) is 28.3. The maximum Gasteiger partial charge on any atom is 0.0109 e. The van der Waals surface area contributed by atoms with Crippen molar-refractivity contribution in [3.8, 4) is 0 Å². The van der Waals surface area contributed by atoms with Gasteiger partial charge in [-0.15, -0.1) is 0 Å². The SMILES string of the molecule is CCCN(CCN(C)C)CC1(CN)CCC(C)CC1. The van der Waals surface area contributed by atoms with Crippen LogP contribution in [-0.2, 0) is 0 Å². The summed E-state index contributed by atoms with van der Waals surface area (Å²) in [6.07, 6.45) is 6.62. The number of rotatable bonds is 8. The molecule has 3 nitrogen and oxygen atoms in total. The summed E-state index contributed by atoms with van der Waals surface area (Å²) < 4.78 is 0. The zero-order valence-electron chi connectivity index (χ0n) is 13.6. The Morgan fingerprint density at radius 2 is 1.74 bits per heavy atom. The van der Waals surface area contributed by atoms with Crippen molar-refractivity contribution in [2.24, 2.45) is 17.1 Å². The van der Waals surface area contributed by atoms with Crippen LogP contribution in [0, 0.1) is 11.3 Å². The summed E-state index contributed by atoms with van der Waals surface area (Å²) in [6.45, 7) is 10.3. The van der Waals surface area contributed by atoms with Gasteiger partial charge in [0.25, 0.3) is 0 Å². The Morgan fingerprint density at radius 1 is 1.11 bits per heavy atom. The van der Waals surface area contributed by atoms with Crippen LogP contribution >= 0.6 is 0 Å². The highest BCUT2D eigenvalue weighted by molar-refractivity contribution is 4.88. The lowest BCUT2D eigenvalue weighted by atomic mass is 9.70. The van der Waals surface area contributed by atoms with Crippen LogP contribution < -0.4 is 5.73 Å². The molecule has 114 valence electrons. The molecule has 1 fully saturated rings. The second-order valence-corrected chi connectivity index (χ2v) is 6.97. The maximum absolute atomic E-state index is 6.15. The fourth-order valence-corrected chi connectivity index (χ4v) is 3.20. The quantitative estimate of drug-likeness (QED) is 0.734. The van der Waals surface area contributed by atoms with Crippen LogP contribution in [-0.4, -0.2) is 56.6 Å². The molecule has 0 saturated heterocycles. The lowest BCUT2D eigenvalue weighted by Gasteiger charge is -2.42. The molecular formula is C16H35N3. The third-order valence-corrected chi connectivity index (χ3v) is 4.73. The molecule has 0 atom stereocenters. The van der Waals surface area contributed by atoms with Crippen LogP contribution in [0.25, 0.3) is 0 Å². The first-order valence-electron chi connectivity index (χ1n) is 8.08. The molecule has 0 aromatic carbocycles. The van der Waals surface area contributed by atoms with Gasteiger partial charge in [-0.05, 0) is 57.8 Å². The Labute approximate surface area is 120 Å². The van der Waals surface area contributed by atoms with E-state index in [1.165, 1.54) is 51.7 Å². The molecule has 0 amide bonds. The summed E-state index contributed by atoms with van der Waals surface area (Å²) in [7, 11) is 4.32. The summed E-state index contributed by atoms with van der Waals surface area (Å²) >= 11 is 0. The number of nitrogens with zero attached hydrogens (tertiary/aromatic N) is 2. The Hall–Kier alpha value is -0.120. The largest absolute Gasteiger partial charge is 0.330 e. The summed E-state index contributed by atoms with van der Waals surface area (Å²) in [5.74, 6) is 0.904. The van der Waals surface area contributed by atoms with Gasteiger partial charge in [0, 0.05) is 19.6 Å². The van der Waals surface area contributed by atoms with Gasteiger partial charge in [-0.25, -0.2) is 0 Å². The summed E-state index contributed by atoms with van der Waals surface area (Å²) in [4.78, 5) is 4.92. The van der Waals surface area contributed by atoms with Crippen molar-refractivity contribution in [1.82, 2.24) is 9.80 Å². The number of hydrogen-bond acceptors (Lipinski definition) is 3. The van der Waals surface area contributed by atoms with Gasteiger partial charge in [-0.3, -0.25) is 0 Å². The third-order valence-electron chi connectivity index (χ3n) is 4.73. The van der Waals surface area contributed by atoms with Crippen molar-refractivity contribution < 1.29 is 0 Å². The van der Waals surface area contributed by atoms with Crippen molar-refractivity contribution in [3.05, 3.63) is 0 Å². The number of likely N-dealkylation sites (N-methyl/N-ethyl adjacent to an activating group) is 1. The number of hydrogen-bond donors (Lipinski definition) is 1. The van der Waals surface area contributed by atoms with Crippen molar-refractivity contribution in [2.75, 3.05) is 46.8 Å². The molecule has 0 bridgehead atoms. The standard InChI is InChI=1S/C16H35N3/c1-5-10-19(12-11-18(3)4)14-16(13-17)8-6-15(2)7-9-16/h15H,5-14,17H2,1-4H3. The zero-order valence-corrected chi connectivity index (χ0v) is 13.6. The molecule has 0 unspecified atom stereocenters. The molecule has 0 aliphatic heterocycles. The van der Waals surface area contributed by atoms with Crippen LogP contribution in [0.2, 0.25) is 0 Å². The molecule has 0 aromatic rings. The van der Waals surface area contributed by atoms with Crippen molar-refractivity contribution >= 4 is 0 Å². The van der Waals surface area contributed by atoms with E-state index in [2.05, 4.69) is 37.7 Å². The van der Waals surface area contributed by atoms with Gasteiger partial charge in [0.2, 0.25) is 0 Å². The van der Waals surface area contributed by atoms with Crippen molar-refractivity contribution in [2.45, 2.75) is 46.0 Å². The van der Waals surface area contributed by atoms with Gasteiger partial charge < -0.3 is 15.5 Å². The highest BCUT2D eigenvalue weighted by Gasteiger charge is 2.34. The van der Waals surface area contributed by atoms with Crippen LogP contribution in [0.4, 0.5) is 0 Å².